The Kier molecular flexibility index (Phi) is 6.52. The normalized spacial score (nSPS) is 12.5. The van der Waals surface area contributed by atoms with Crippen LogP contribution < -0.4 is 14.8 Å². The molecule has 1 amide bonds. The Labute approximate surface area is 162 Å². The highest BCUT2D eigenvalue weighted by Gasteiger charge is 2.25. The fraction of sp³-hybridized carbons (Fsp3) is 0.235. The van der Waals surface area contributed by atoms with Gasteiger partial charge in [0.15, 0.2) is 0 Å². The van der Waals surface area contributed by atoms with E-state index in [1.807, 2.05) is 0 Å². The van der Waals surface area contributed by atoms with Crippen LogP contribution in [0.2, 0.25) is 10.0 Å². The van der Waals surface area contributed by atoms with Crippen LogP contribution in [0.4, 0.5) is 5.69 Å². The van der Waals surface area contributed by atoms with Gasteiger partial charge in [-0.05, 0) is 49.7 Å². The zero-order valence-corrected chi connectivity index (χ0v) is 16.7. The Morgan fingerprint density at radius 1 is 1.12 bits per heavy atom. The molecule has 9 heteroatoms. The molecule has 0 saturated heterocycles. The van der Waals surface area contributed by atoms with E-state index in [0.29, 0.717) is 10.7 Å². The molecular weight excluding hydrogens is 399 g/mol. The molecule has 0 radical (unpaired) electrons. The van der Waals surface area contributed by atoms with Crippen LogP contribution >= 0.6 is 23.2 Å². The standard InChI is InChI=1S/C17H18Cl2N2O4S/c1-10-4-5-12(18)8-14(10)20-17(22)11(2)21-26(23,24)16-9-13(19)6-7-15(16)25-3/h4-9,11,21H,1-3H3,(H,20,22)/t11-/m1/s1. The summed E-state index contributed by atoms with van der Waals surface area (Å²) in [5, 5.41) is 3.35. The Bertz CT molecular complexity index is 932. The summed E-state index contributed by atoms with van der Waals surface area (Å²) in [5.74, 6) is -0.403. The highest BCUT2D eigenvalue weighted by Crippen LogP contribution is 2.27. The fourth-order valence-electron chi connectivity index (χ4n) is 2.18. The number of benzene rings is 2. The van der Waals surface area contributed by atoms with Gasteiger partial charge < -0.3 is 10.1 Å². The van der Waals surface area contributed by atoms with Crippen LogP contribution in [0.25, 0.3) is 0 Å². The first-order valence-electron chi connectivity index (χ1n) is 7.57. The molecular formula is C17H18Cl2N2O4S. The molecule has 0 heterocycles. The SMILES string of the molecule is COc1ccc(Cl)cc1S(=O)(=O)N[C@H](C)C(=O)Nc1cc(Cl)ccc1C. The van der Waals surface area contributed by atoms with Gasteiger partial charge in [0.05, 0.1) is 13.2 Å². The highest BCUT2D eigenvalue weighted by molar-refractivity contribution is 7.89. The number of halogens is 2. The lowest BCUT2D eigenvalue weighted by molar-refractivity contribution is -0.117. The molecule has 0 spiro atoms. The van der Waals surface area contributed by atoms with Crippen LogP contribution in [0.15, 0.2) is 41.3 Å². The van der Waals surface area contributed by atoms with Crippen LogP contribution in [0, 0.1) is 6.92 Å². The number of methoxy groups -OCH3 is 1. The van der Waals surface area contributed by atoms with Gasteiger partial charge in [0.25, 0.3) is 0 Å². The first-order chi connectivity index (χ1) is 12.1. The largest absolute Gasteiger partial charge is 0.495 e. The van der Waals surface area contributed by atoms with E-state index in [-0.39, 0.29) is 15.7 Å². The number of rotatable bonds is 6. The molecule has 2 aromatic rings. The average molecular weight is 417 g/mol. The lowest BCUT2D eigenvalue weighted by atomic mass is 10.2. The van der Waals surface area contributed by atoms with E-state index in [2.05, 4.69) is 10.0 Å². The minimum absolute atomic E-state index is 0.125. The minimum atomic E-state index is -4.03. The second kappa shape index (κ2) is 8.26. The van der Waals surface area contributed by atoms with Gasteiger partial charge in [-0.25, -0.2) is 8.42 Å². The van der Waals surface area contributed by atoms with Crippen molar-refractivity contribution in [1.29, 1.82) is 0 Å². The van der Waals surface area contributed by atoms with Crippen molar-refractivity contribution in [3.63, 3.8) is 0 Å². The third-order valence-corrected chi connectivity index (χ3v) is 5.63. The summed E-state index contributed by atoms with van der Waals surface area (Å²) in [4.78, 5) is 12.2. The van der Waals surface area contributed by atoms with Crippen LogP contribution in [0.5, 0.6) is 5.75 Å². The number of amides is 1. The third kappa shape index (κ3) is 4.88. The summed E-state index contributed by atoms with van der Waals surface area (Å²) in [6.07, 6.45) is 0. The number of sulfonamides is 1. The van der Waals surface area contributed by atoms with Gasteiger partial charge in [0, 0.05) is 15.7 Å². The van der Waals surface area contributed by atoms with E-state index in [0.717, 1.165) is 5.56 Å². The van der Waals surface area contributed by atoms with Crippen LogP contribution in [-0.2, 0) is 14.8 Å². The molecule has 6 nitrogen and oxygen atoms in total. The number of carbonyl (C=O) groups is 1. The van der Waals surface area contributed by atoms with Gasteiger partial charge in [0.1, 0.15) is 10.6 Å². The minimum Gasteiger partial charge on any atom is -0.495 e. The van der Waals surface area contributed by atoms with Gasteiger partial charge in [-0.15, -0.1) is 0 Å². The number of ether oxygens (including phenoxy) is 1. The third-order valence-electron chi connectivity index (χ3n) is 3.60. The molecule has 0 bridgehead atoms. The summed E-state index contributed by atoms with van der Waals surface area (Å²) in [6, 6.07) is 8.22. The Balaban J connectivity index is 2.20. The number of hydrogen-bond donors (Lipinski definition) is 2. The van der Waals surface area contributed by atoms with Gasteiger partial charge in [0.2, 0.25) is 15.9 Å². The number of aryl methyl sites for hydroxylation is 1. The van der Waals surface area contributed by atoms with Crippen molar-refractivity contribution in [3.8, 4) is 5.75 Å². The molecule has 0 saturated carbocycles. The van der Waals surface area contributed by atoms with E-state index in [4.69, 9.17) is 27.9 Å². The predicted molar refractivity (Wildman–Crippen MR) is 103 cm³/mol. The van der Waals surface area contributed by atoms with Crippen molar-refractivity contribution >= 4 is 44.8 Å². The van der Waals surface area contributed by atoms with Gasteiger partial charge in [-0.1, -0.05) is 29.3 Å². The van der Waals surface area contributed by atoms with Crippen molar-refractivity contribution in [3.05, 3.63) is 52.0 Å². The molecule has 0 fully saturated rings. The maximum atomic E-state index is 12.6. The topological polar surface area (TPSA) is 84.5 Å². The zero-order chi connectivity index (χ0) is 19.5. The number of anilines is 1. The maximum absolute atomic E-state index is 12.6. The zero-order valence-electron chi connectivity index (χ0n) is 14.3. The smallest absolute Gasteiger partial charge is 0.245 e. The van der Waals surface area contributed by atoms with E-state index in [1.54, 1.807) is 25.1 Å². The summed E-state index contributed by atoms with van der Waals surface area (Å²) in [5.41, 5.74) is 1.31. The van der Waals surface area contributed by atoms with E-state index in [9.17, 15) is 13.2 Å². The summed E-state index contributed by atoms with van der Waals surface area (Å²) in [7, 11) is -2.68. The number of nitrogens with one attached hydrogen (secondary N) is 2. The van der Waals surface area contributed by atoms with Gasteiger partial charge >= 0.3 is 0 Å². The molecule has 2 N–H and O–H groups in total. The van der Waals surface area contributed by atoms with Crippen LogP contribution in [0.1, 0.15) is 12.5 Å². The van der Waals surface area contributed by atoms with Crippen molar-refractivity contribution in [1.82, 2.24) is 4.72 Å². The van der Waals surface area contributed by atoms with Crippen molar-refractivity contribution in [2.24, 2.45) is 0 Å². The molecule has 0 aliphatic rings. The number of hydrogen-bond acceptors (Lipinski definition) is 4. The second-order valence-corrected chi connectivity index (χ2v) is 8.14. The molecule has 0 unspecified atom stereocenters. The predicted octanol–water partition coefficient (Wildman–Crippen LogP) is 3.62. The van der Waals surface area contributed by atoms with Gasteiger partial charge in [-0.2, -0.15) is 4.72 Å². The Hall–Kier alpha value is -1.80. The monoisotopic (exact) mass is 416 g/mol. The van der Waals surface area contributed by atoms with Gasteiger partial charge in [-0.3, -0.25) is 4.79 Å². The Morgan fingerprint density at radius 3 is 2.38 bits per heavy atom. The van der Waals surface area contributed by atoms with Crippen LogP contribution in [-0.4, -0.2) is 27.5 Å². The molecule has 0 aliphatic carbocycles. The molecule has 0 aromatic heterocycles. The molecule has 2 rings (SSSR count). The van der Waals surface area contributed by atoms with E-state index in [1.165, 1.54) is 32.2 Å². The molecule has 1 atom stereocenters. The molecule has 26 heavy (non-hydrogen) atoms. The van der Waals surface area contributed by atoms with Crippen molar-refractivity contribution < 1.29 is 17.9 Å². The van der Waals surface area contributed by atoms with Crippen molar-refractivity contribution in [2.45, 2.75) is 24.8 Å². The summed E-state index contributed by atoms with van der Waals surface area (Å²) < 4.78 is 32.6. The quantitative estimate of drug-likeness (QED) is 0.752. The molecule has 140 valence electrons. The van der Waals surface area contributed by atoms with E-state index >= 15 is 0 Å². The maximum Gasteiger partial charge on any atom is 0.245 e. The lowest BCUT2D eigenvalue weighted by Gasteiger charge is -2.17. The van der Waals surface area contributed by atoms with Crippen LogP contribution in [0.3, 0.4) is 0 Å². The first-order valence-corrected chi connectivity index (χ1v) is 9.81. The highest BCUT2D eigenvalue weighted by atomic mass is 35.5. The van der Waals surface area contributed by atoms with Crippen molar-refractivity contribution in [2.75, 3.05) is 12.4 Å². The number of carbonyl (C=O) groups excluding carboxylic acids is 1. The summed E-state index contributed by atoms with van der Waals surface area (Å²) >= 11 is 11.8. The Morgan fingerprint density at radius 2 is 1.73 bits per heavy atom. The van der Waals surface area contributed by atoms with E-state index < -0.39 is 22.0 Å². The molecule has 0 aliphatic heterocycles. The first kappa shape index (κ1) is 20.5. The second-order valence-electron chi connectivity index (χ2n) is 5.59. The summed E-state index contributed by atoms with van der Waals surface area (Å²) in [6.45, 7) is 3.24. The molecule has 2 aromatic carbocycles. The lowest BCUT2D eigenvalue weighted by Crippen LogP contribution is -2.41. The fourth-order valence-corrected chi connectivity index (χ4v) is 3.99. The average Bonchev–Trinajstić information content (AvgIpc) is 2.57.